The van der Waals surface area contributed by atoms with E-state index in [4.69, 9.17) is 11.6 Å². The molecule has 0 spiro atoms. The van der Waals surface area contributed by atoms with Crippen LogP contribution in [0.15, 0.2) is 48.7 Å². The van der Waals surface area contributed by atoms with Crippen molar-refractivity contribution in [2.45, 2.75) is 6.92 Å². The molecule has 0 radical (unpaired) electrons. The molecule has 0 unspecified atom stereocenters. The Morgan fingerprint density at radius 3 is 2.56 bits per heavy atom. The van der Waals surface area contributed by atoms with Gasteiger partial charge >= 0.3 is 0 Å². The molecule has 0 saturated heterocycles. The van der Waals surface area contributed by atoms with Gasteiger partial charge in [0, 0.05) is 11.2 Å². The number of rotatable bonds is 2. The molecule has 0 amide bonds. The van der Waals surface area contributed by atoms with E-state index in [0.717, 1.165) is 21.9 Å². The van der Waals surface area contributed by atoms with Gasteiger partial charge in [0.2, 0.25) is 0 Å². The van der Waals surface area contributed by atoms with Crippen LogP contribution in [0.1, 0.15) is 18.2 Å². The molecule has 80 valence electrons. The fraction of sp³-hybridized carbons (Fsp3) is 0.0714. The van der Waals surface area contributed by atoms with E-state index in [9.17, 15) is 0 Å². The van der Waals surface area contributed by atoms with Crippen molar-refractivity contribution in [1.29, 1.82) is 0 Å². The number of hydrogen-bond acceptors (Lipinski definition) is 1. The first-order valence-electron chi connectivity index (χ1n) is 5.11. The second kappa shape index (κ2) is 4.95. The molecule has 0 atom stereocenters. The minimum absolute atomic E-state index is 0.762. The SMILES string of the molecule is C/C(=C/c1ccccc1Cl)c1ccccn1. The Bertz CT molecular complexity index is 503. The zero-order chi connectivity index (χ0) is 11.4. The third-order valence-electron chi connectivity index (χ3n) is 2.35. The smallest absolute Gasteiger partial charge is 0.0658 e. The maximum absolute atomic E-state index is 6.09. The van der Waals surface area contributed by atoms with Crippen molar-refractivity contribution in [3.05, 3.63) is 64.9 Å². The number of nitrogens with zero attached hydrogens (tertiary/aromatic N) is 1. The lowest BCUT2D eigenvalue weighted by atomic mass is 10.1. The van der Waals surface area contributed by atoms with E-state index in [-0.39, 0.29) is 0 Å². The van der Waals surface area contributed by atoms with Gasteiger partial charge in [-0.1, -0.05) is 35.9 Å². The van der Waals surface area contributed by atoms with Gasteiger partial charge in [0.25, 0.3) is 0 Å². The van der Waals surface area contributed by atoms with E-state index in [0.29, 0.717) is 0 Å². The number of pyridine rings is 1. The molecule has 0 bridgehead atoms. The predicted molar refractivity (Wildman–Crippen MR) is 69.2 cm³/mol. The molecular formula is C14H12ClN. The van der Waals surface area contributed by atoms with Gasteiger partial charge in [-0.2, -0.15) is 0 Å². The van der Waals surface area contributed by atoms with Gasteiger partial charge in [-0.3, -0.25) is 4.98 Å². The van der Waals surface area contributed by atoms with Crippen LogP contribution < -0.4 is 0 Å². The quantitative estimate of drug-likeness (QED) is 0.749. The molecule has 1 aromatic heterocycles. The molecule has 0 aliphatic heterocycles. The number of aromatic nitrogens is 1. The Kier molecular flexibility index (Phi) is 3.37. The largest absolute Gasteiger partial charge is 0.257 e. The van der Waals surface area contributed by atoms with Gasteiger partial charge in [0.05, 0.1) is 5.69 Å². The van der Waals surface area contributed by atoms with Gasteiger partial charge < -0.3 is 0 Å². The van der Waals surface area contributed by atoms with Crippen LogP contribution in [0.2, 0.25) is 5.02 Å². The van der Waals surface area contributed by atoms with E-state index in [1.807, 2.05) is 55.5 Å². The van der Waals surface area contributed by atoms with Gasteiger partial charge in [-0.05, 0) is 42.3 Å². The van der Waals surface area contributed by atoms with E-state index >= 15 is 0 Å². The topological polar surface area (TPSA) is 12.9 Å². The van der Waals surface area contributed by atoms with Crippen molar-refractivity contribution in [3.63, 3.8) is 0 Å². The summed E-state index contributed by atoms with van der Waals surface area (Å²) in [4.78, 5) is 4.29. The van der Waals surface area contributed by atoms with Crippen LogP contribution in [0.3, 0.4) is 0 Å². The summed E-state index contributed by atoms with van der Waals surface area (Å²) in [6.45, 7) is 2.03. The zero-order valence-corrected chi connectivity index (χ0v) is 9.78. The highest BCUT2D eigenvalue weighted by molar-refractivity contribution is 6.32. The third kappa shape index (κ3) is 2.50. The third-order valence-corrected chi connectivity index (χ3v) is 2.69. The van der Waals surface area contributed by atoms with Crippen LogP contribution in [0, 0.1) is 0 Å². The maximum Gasteiger partial charge on any atom is 0.0658 e. The minimum atomic E-state index is 0.762. The van der Waals surface area contributed by atoms with Crippen molar-refractivity contribution in [1.82, 2.24) is 4.98 Å². The molecule has 1 nitrogen and oxygen atoms in total. The fourth-order valence-corrected chi connectivity index (χ4v) is 1.69. The number of benzene rings is 1. The van der Waals surface area contributed by atoms with Crippen molar-refractivity contribution in [2.24, 2.45) is 0 Å². The highest BCUT2D eigenvalue weighted by Crippen LogP contribution is 2.21. The molecular weight excluding hydrogens is 218 g/mol. The molecule has 0 N–H and O–H groups in total. The molecule has 2 heteroatoms. The van der Waals surface area contributed by atoms with E-state index in [2.05, 4.69) is 4.98 Å². The van der Waals surface area contributed by atoms with Crippen LogP contribution in [0.5, 0.6) is 0 Å². The second-order valence-corrected chi connectivity index (χ2v) is 3.97. The predicted octanol–water partition coefficient (Wildman–Crippen LogP) is 4.30. The Morgan fingerprint density at radius 1 is 1.12 bits per heavy atom. The Labute approximate surface area is 100 Å². The molecule has 0 aliphatic rings. The molecule has 1 aromatic carbocycles. The second-order valence-electron chi connectivity index (χ2n) is 3.56. The lowest BCUT2D eigenvalue weighted by molar-refractivity contribution is 1.27. The number of halogens is 1. The molecule has 2 aromatic rings. The van der Waals surface area contributed by atoms with Crippen LogP contribution in [0.25, 0.3) is 11.6 Å². The lowest BCUT2D eigenvalue weighted by Gasteiger charge is -2.02. The van der Waals surface area contributed by atoms with E-state index < -0.39 is 0 Å². The molecule has 0 saturated carbocycles. The summed E-state index contributed by atoms with van der Waals surface area (Å²) in [6, 6.07) is 13.7. The summed E-state index contributed by atoms with van der Waals surface area (Å²) in [5.74, 6) is 0. The monoisotopic (exact) mass is 229 g/mol. The first-order chi connectivity index (χ1) is 7.77. The van der Waals surface area contributed by atoms with E-state index in [1.54, 1.807) is 6.20 Å². The summed E-state index contributed by atoms with van der Waals surface area (Å²) in [5.41, 5.74) is 3.10. The minimum Gasteiger partial charge on any atom is -0.257 e. The van der Waals surface area contributed by atoms with Crippen molar-refractivity contribution in [2.75, 3.05) is 0 Å². The maximum atomic E-state index is 6.09. The van der Waals surface area contributed by atoms with Gasteiger partial charge in [-0.25, -0.2) is 0 Å². The summed E-state index contributed by atoms with van der Waals surface area (Å²) < 4.78 is 0. The zero-order valence-electron chi connectivity index (χ0n) is 9.02. The molecule has 1 heterocycles. The highest BCUT2D eigenvalue weighted by Gasteiger charge is 1.99. The normalized spacial score (nSPS) is 11.5. The standard InChI is InChI=1S/C14H12ClN/c1-11(14-8-4-5-9-16-14)10-12-6-2-3-7-13(12)15/h2-10H,1H3/b11-10-. The molecule has 0 aliphatic carbocycles. The van der Waals surface area contributed by atoms with Crippen molar-refractivity contribution in [3.8, 4) is 0 Å². The van der Waals surface area contributed by atoms with Crippen LogP contribution in [-0.2, 0) is 0 Å². The van der Waals surface area contributed by atoms with Crippen LogP contribution >= 0.6 is 11.6 Å². The molecule has 2 rings (SSSR count). The number of hydrogen-bond donors (Lipinski definition) is 0. The Hall–Kier alpha value is -1.60. The number of allylic oxidation sites excluding steroid dienone is 1. The highest BCUT2D eigenvalue weighted by atomic mass is 35.5. The molecule has 0 fully saturated rings. The van der Waals surface area contributed by atoms with Crippen LogP contribution in [0.4, 0.5) is 0 Å². The average Bonchev–Trinajstić information content (AvgIpc) is 2.33. The summed E-state index contributed by atoms with van der Waals surface area (Å²) in [7, 11) is 0. The van der Waals surface area contributed by atoms with Crippen LogP contribution in [-0.4, -0.2) is 4.98 Å². The van der Waals surface area contributed by atoms with Gasteiger partial charge in [-0.15, -0.1) is 0 Å². The average molecular weight is 230 g/mol. The van der Waals surface area contributed by atoms with Gasteiger partial charge in [0.1, 0.15) is 0 Å². The lowest BCUT2D eigenvalue weighted by Crippen LogP contribution is -1.84. The van der Waals surface area contributed by atoms with E-state index in [1.165, 1.54) is 0 Å². The van der Waals surface area contributed by atoms with Crippen molar-refractivity contribution < 1.29 is 0 Å². The summed E-state index contributed by atoms with van der Waals surface area (Å²) in [6.07, 6.45) is 3.84. The Morgan fingerprint density at radius 2 is 1.88 bits per heavy atom. The first kappa shape index (κ1) is 10.9. The summed E-state index contributed by atoms with van der Waals surface area (Å²) >= 11 is 6.09. The van der Waals surface area contributed by atoms with Crippen molar-refractivity contribution >= 4 is 23.3 Å². The first-order valence-corrected chi connectivity index (χ1v) is 5.49. The fourth-order valence-electron chi connectivity index (χ4n) is 1.50. The van der Waals surface area contributed by atoms with Gasteiger partial charge in [0.15, 0.2) is 0 Å². The molecule has 16 heavy (non-hydrogen) atoms. The summed E-state index contributed by atoms with van der Waals surface area (Å²) in [5, 5.41) is 0.762. The Balaban J connectivity index is 2.36.